The van der Waals surface area contributed by atoms with Crippen LogP contribution in [0, 0.1) is 6.92 Å². The van der Waals surface area contributed by atoms with Gasteiger partial charge in [0.05, 0.1) is 39.9 Å². The monoisotopic (exact) mass is 408 g/mol. The molecule has 0 spiro atoms. The molecule has 1 N–H and O–H groups in total. The number of hydrogen-bond donors (Lipinski definition) is 1. The van der Waals surface area contributed by atoms with E-state index in [1.165, 1.54) is 11.3 Å². The molecule has 1 fully saturated rings. The predicted octanol–water partition coefficient (Wildman–Crippen LogP) is 3.92. The standard InChI is InChI=1S/C22H20N2O4S/c1-13-19(22-23-16-4-2-3-5-18(16)29-22)20(26)14-6-7-17(25)15(21(14)28-13)12-24-8-10-27-11-9-24/h2-7,25H,8-12H2,1H3. The summed E-state index contributed by atoms with van der Waals surface area (Å²) in [6.07, 6.45) is 0. The summed E-state index contributed by atoms with van der Waals surface area (Å²) in [6.45, 7) is 5.18. The van der Waals surface area contributed by atoms with E-state index in [1.807, 2.05) is 24.3 Å². The van der Waals surface area contributed by atoms with Crippen molar-refractivity contribution in [2.75, 3.05) is 26.3 Å². The van der Waals surface area contributed by atoms with E-state index in [2.05, 4.69) is 9.88 Å². The highest BCUT2D eigenvalue weighted by molar-refractivity contribution is 7.21. The first-order valence-corrected chi connectivity index (χ1v) is 10.4. The Morgan fingerprint density at radius 1 is 1.17 bits per heavy atom. The number of aromatic hydroxyl groups is 1. The molecule has 0 atom stereocenters. The van der Waals surface area contributed by atoms with Crippen LogP contribution < -0.4 is 5.43 Å². The molecular formula is C22H20N2O4S. The predicted molar refractivity (Wildman–Crippen MR) is 114 cm³/mol. The van der Waals surface area contributed by atoms with Crippen molar-refractivity contribution in [2.45, 2.75) is 13.5 Å². The summed E-state index contributed by atoms with van der Waals surface area (Å²) in [5.41, 5.74) is 2.32. The molecule has 0 aliphatic carbocycles. The third kappa shape index (κ3) is 3.21. The first kappa shape index (κ1) is 18.3. The SMILES string of the molecule is Cc1oc2c(CN3CCOCC3)c(O)ccc2c(=O)c1-c1nc2ccccc2s1. The fourth-order valence-corrected chi connectivity index (χ4v) is 4.83. The Kier molecular flexibility index (Phi) is 4.58. The zero-order valence-electron chi connectivity index (χ0n) is 16.0. The fraction of sp³-hybridized carbons (Fsp3) is 0.273. The molecule has 0 saturated carbocycles. The van der Waals surface area contributed by atoms with Gasteiger partial charge in [-0.25, -0.2) is 4.98 Å². The minimum absolute atomic E-state index is 0.119. The molecule has 0 unspecified atom stereocenters. The van der Waals surface area contributed by atoms with Crippen molar-refractivity contribution in [1.29, 1.82) is 0 Å². The summed E-state index contributed by atoms with van der Waals surface area (Å²) < 4.78 is 12.6. The number of rotatable bonds is 3. The quantitative estimate of drug-likeness (QED) is 0.554. The number of hydrogen-bond acceptors (Lipinski definition) is 7. The molecule has 7 heteroatoms. The van der Waals surface area contributed by atoms with Gasteiger partial charge >= 0.3 is 0 Å². The van der Waals surface area contributed by atoms with Gasteiger partial charge in [0, 0.05) is 19.6 Å². The van der Waals surface area contributed by atoms with E-state index in [9.17, 15) is 9.90 Å². The number of para-hydroxylation sites is 1. The van der Waals surface area contributed by atoms with E-state index in [0.717, 1.165) is 23.3 Å². The van der Waals surface area contributed by atoms with Crippen molar-refractivity contribution in [1.82, 2.24) is 9.88 Å². The highest BCUT2D eigenvalue weighted by atomic mass is 32.1. The minimum atomic E-state index is -0.119. The topological polar surface area (TPSA) is 75.8 Å². The van der Waals surface area contributed by atoms with E-state index < -0.39 is 0 Å². The average molecular weight is 408 g/mol. The number of fused-ring (bicyclic) bond motifs is 2. The first-order valence-electron chi connectivity index (χ1n) is 9.56. The fourth-order valence-electron chi connectivity index (χ4n) is 3.77. The summed E-state index contributed by atoms with van der Waals surface area (Å²) in [5, 5.41) is 11.6. The van der Waals surface area contributed by atoms with Crippen molar-refractivity contribution in [3.63, 3.8) is 0 Å². The van der Waals surface area contributed by atoms with Gasteiger partial charge in [0.25, 0.3) is 0 Å². The molecule has 0 amide bonds. The second-order valence-electron chi connectivity index (χ2n) is 7.18. The molecule has 148 valence electrons. The summed E-state index contributed by atoms with van der Waals surface area (Å²) in [5.74, 6) is 0.648. The van der Waals surface area contributed by atoms with Crippen LogP contribution in [0.3, 0.4) is 0 Å². The maximum atomic E-state index is 13.4. The second kappa shape index (κ2) is 7.26. The molecule has 0 bridgehead atoms. The number of ether oxygens (including phenoxy) is 1. The molecule has 4 aromatic rings. The van der Waals surface area contributed by atoms with Gasteiger partial charge in [-0.15, -0.1) is 11.3 Å². The van der Waals surface area contributed by atoms with Crippen LogP contribution in [0.5, 0.6) is 5.75 Å². The number of phenolic OH excluding ortho intramolecular Hbond substituents is 1. The Morgan fingerprint density at radius 2 is 1.97 bits per heavy atom. The summed E-state index contributed by atoms with van der Waals surface area (Å²) >= 11 is 1.48. The van der Waals surface area contributed by atoms with Gasteiger partial charge in [0.1, 0.15) is 22.1 Å². The number of aryl methyl sites for hydroxylation is 1. The number of aromatic nitrogens is 1. The number of thiazole rings is 1. The summed E-state index contributed by atoms with van der Waals surface area (Å²) in [6, 6.07) is 11.0. The molecular weight excluding hydrogens is 388 g/mol. The summed E-state index contributed by atoms with van der Waals surface area (Å²) in [7, 11) is 0. The Bertz CT molecular complexity index is 1240. The average Bonchev–Trinajstić information content (AvgIpc) is 3.14. The highest BCUT2D eigenvalue weighted by Crippen LogP contribution is 2.34. The van der Waals surface area contributed by atoms with Crippen LogP contribution in [0.1, 0.15) is 11.3 Å². The third-order valence-corrected chi connectivity index (χ3v) is 6.36. The zero-order valence-corrected chi connectivity index (χ0v) is 16.8. The number of nitrogens with zero attached hydrogens (tertiary/aromatic N) is 2. The van der Waals surface area contributed by atoms with Crippen LogP contribution in [-0.4, -0.2) is 41.3 Å². The highest BCUT2D eigenvalue weighted by Gasteiger charge is 2.22. The van der Waals surface area contributed by atoms with E-state index in [-0.39, 0.29) is 11.2 Å². The van der Waals surface area contributed by atoms with E-state index >= 15 is 0 Å². The second-order valence-corrected chi connectivity index (χ2v) is 8.21. The Balaban J connectivity index is 1.66. The van der Waals surface area contributed by atoms with E-state index in [4.69, 9.17) is 9.15 Å². The van der Waals surface area contributed by atoms with Gasteiger partial charge in [0.15, 0.2) is 0 Å². The molecule has 29 heavy (non-hydrogen) atoms. The van der Waals surface area contributed by atoms with Crippen LogP contribution in [0.4, 0.5) is 0 Å². The lowest BCUT2D eigenvalue weighted by Gasteiger charge is -2.27. The van der Waals surface area contributed by atoms with E-state index in [1.54, 1.807) is 19.1 Å². The van der Waals surface area contributed by atoms with Gasteiger partial charge in [-0.05, 0) is 31.2 Å². The van der Waals surface area contributed by atoms with Crippen LogP contribution in [0.25, 0.3) is 31.8 Å². The van der Waals surface area contributed by atoms with Crippen LogP contribution >= 0.6 is 11.3 Å². The normalized spacial score (nSPS) is 15.3. The number of morpholine rings is 1. The van der Waals surface area contributed by atoms with Crippen LogP contribution in [0.15, 0.2) is 45.6 Å². The zero-order chi connectivity index (χ0) is 20.0. The summed E-state index contributed by atoms with van der Waals surface area (Å²) in [4.78, 5) is 20.2. The molecule has 2 aromatic carbocycles. The maximum absolute atomic E-state index is 13.4. The number of benzene rings is 2. The first-order chi connectivity index (χ1) is 14.1. The molecule has 1 aliphatic heterocycles. The largest absolute Gasteiger partial charge is 0.507 e. The Hall–Kier alpha value is -2.74. The van der Waals surface area contributed by atoms with Crippen molar-refractivity contribution in [3.05, 3.63) is 57.9 Å². The lowest BCUT2D eigenvalue weighted by molar-refractivity contribution is 0.0339. The number of phenols is 1. The molecule has 1 saturated heterocycles. The van der Waals surface area contributed by atoms with Crippen LogP contribution in [0.2, 0.25) is 0 Å². The Labute approximate surface area is 171 Å². The maximum Gasteiger partial charge on any atom is 0.203 e. The molecule has 5 rings (SSSR count). The van der Waals surface area contributed by atoms with Gasteiger partial charge in [-0.3, -0.25) is 9.69 Å². The van der Waals surface area contributed by atoms with Crippen molar-refractivity contribution in [3.8, 4) is 16.3 Å². The Morgan fingerprint density at radius 3 is 2.76 bits per heavy atom. The van der Waals surface area contributed by atoms with Crippen molar-refractivity contribution >= 4 is 32.5 Å². The van der Waals surface area contributed by atoms with Crippen molar-refractivity contribution in [2.24, 2.45) is 0 Å². The van der Waals surface area contributed by atoms with Crippen molar-refractivity contribution < 1.29 is 14.3 Å². The van der Waals surface area contributed by atoms with Gasteiger partial charge in [-0.2, -0.15) is 0 Å². The molecule has 3 heterocycles. The van der Waals surface area contributed by atoms with Crippen LogP contribution in [-0.2, 0) is 11.3 Å². The van der Waals surface area contributed by atoms with Gasteiger partial charge < -0.3 is 14.3 Å². The molecule has 1 aliphatic rings. The lowest BCUT2D eigenvalue weighted by Crippen LogP contribution is -2.35. The molecule has 6 nitrogen and oxygen atoms in total. The smallest absolute Gasteiger partial charge is 0.203 e. The third-order valence-electron chi connectivity index (χ3n) is 5.31. The molecule has 2 aromatic heterocycles. The van der Waals surface area contributed by atoms with Gasteiger partial charge in [0.2, 0.25) is 5.43 Å². The molecule has 0 radical (unpaired) electrons. The minimum Gasteiger partial charge on any atom is -0.507 e. The van der Waals surface area contributed by atoms with E-state index in [0.29, 0.717) is 52.6 Å². The lowest BCUT2D eigenvalue weighted by atomic mass is 10.1. The van der Waals surface area contributed by atoms with Gasteiger partial charge in [-0.1, -0.05) is 12.1 Å².